The predicted molar refractivity (Wildman–Crippen MR) is 114 cm³/mol. The number of halogens is 4. The zero-order valence-electron chi connectivity index (χ0n) is 16.0. The molecule has 148 valence electrons. The molecule has 1 aliphatic rings. The molecular formula is C22H22F3IN2. The highest BCUT2D eigenvalue weighted by Crippen LogP contribution is 2.43. The van der Waals surface area contributed by atoms with E-state index in [1.165, 1.54) is 26.0 Å². The molecule has 0 amide bonds. The van der Waals surface area contributed by atoms with Crippen molar-refractivity contribution in [3.05, 3.63) is 68.4 Å². The highest BCUT2D eigenvalue weighted by Gasteiger charge is 2.40. The first-order valence-corrected chi connectivity index (χ1v) is 10.4. The van der Waals surface area contributed by atoms with Crippen molar-refractivity contribution >= 4 is 33.5 Å². The van der Waals surface area contributed by atoms with E-state index in [9.17, 15) is 13.2 Å². The molecule has 0 unspecified atom stereocenters. The summed E-state index contributed by atoms with van der Waals surface area (Å²) in [6, 6.07) is 9.75. The van der Waals surface area contributed by atoms with Gasteiger partial charge in [0.05, 0.1) is 6.04 Å². The monoisotopic (exact) mass is 498 g/mol. The van der Waals surface area contributed by atoms with Gasteiger partial charge in [-0.05, 0) is 73.5 Å². The quantitative estimate of drug-likeness (QED) is 0.431. The van der Waals surface area contributed by atoms with E-state index in [4.69, 9.17) is 0 Å². The maximum absolute atomic E-state index is 15.0. The van der Waals surface area contributed by atoms with Gasteiger partial charge in [-0.15, -0.1) is 0 Å². The fourth-order valence-corrected chi connectivity index (χ4v) is 4.86. The van der Waals surface area contributed by atoms with Crippen molar-refractivity contribution in [1.29, 1.82) is 0 Å². The van der Waals surface area contributed by atoms with Crippen molar-refractivity contribution in [1.82, 2.24) is 9.88 Å². The van der Waals surface area contributed by atoms with Crippen LogP contribution in [0.5, 0.6) is 0 Å². The molecule has 6 heteroatoms. The summed E-state index contributed by atoms with van der Waals surface area (Å²) in [6.45, 7) is 5.07. The molecule has 2 heterocycles. The number of aromatic nitrogens is 1. The van der Waals surface area contributed by atoms with E-state index in [2.05, 4.69) is 4.98 Å². The van der Waals surface area contributed by atoms with Crippen LogP contribution in [0.3, 0.4) is 0 Å². The number of hydrogen-bond donors (Lipinski definition) is 1. The second-order valence-electron chi connectivity index (χ2n) is 8.19. The topological polar surface area (TPSA) is 19.0 Å². The molecular weight excluding hydrogens is 476 g/mol. The molecule has 2 aromatic carbocycles. The van der Waals surface area contributed by atoms with Crippen LogP contribution in [-0.2, 0) is 6.42 Å². The predicted octanol–water partition coefficient (Wildman–Crippen LogP) is 6.13. The molecule has 3 aromatic rings. The average molecular weight is 498 g/mol. The summed E-state index contributed by atoms with van der Waals surface area (Å²) in [5, 5.41) is 1.06. The minimum atomic E-state index is -1.49. The zero-order valence-corrected chi connectivity index (χ0v) is 18.1. The number of fused-ring (bicyclic) bond motifs is 3. The van der Waals surface area contributed by atoms with E-state index in [0.717, 1.165) is 22.2 Å². The summed E-state index contributed by atoms with van der Waals surface area (Å²) in [5.41, 5.74) is 1.22. The van der Waals surface area contributed by atoms with Crippen LogP contribution in [0.1, 0.15) is 43.6 Å². The fourth-order valence-electron chi connectivity index (χ4n) is 4.31. The molecule has 0 saturated heterocycles. The standard InChI is InChI=1S/C22H22F3IN2/c1-12-8-15-14-6-4-5-7-18(14)27-20(15)21(28(12)11-22(2,3)25)19-16(23)9-13(26)10-17(19)24/h4-7,9-10,12,21,27H,8,11H2,1-3H3/t12-,21-/m1/s1. The van der Waals surface area contributed by atoms with Gasteiger partial charge < -0.3 is 4.98 Å². The fraction of sp³-hybridized carbons (Fsp3) is 0.364. The SMILES string of the molecule is C[C@@H]1Cc2c([nH]c3ccccc23)[C@@H](c2c(F)cc(I)cc2F)N1CC(C)(C)F. The Morgan fingerprint density at radius 3 is 2.46 bits per heavy atom. The van der Waals surface area contributed by atoms with Gasteiger partial charge >= 0.3 is 0 Å². The normalized spacial score (nSPS) is 20.5. The van der Waals surface area contributed by atoms with Crippen molar-refractivity contribution in [2.24, 2.45) is 0 Å². The van der Waals surface area contributed by atoms with Gasteiger partial charge in [-0.1, -0.05) is 18.2 Å². The lowest BCUT2D eigenvalue weighted by molar-refractivity contribution is 0.0642. The van der Waals surface area contributed by atoms with E-state index >= 15 is 0 Å². The first kappa shape index (κ1) is 19.8. The van der Waals surface area contributed by atoms with Crippen LogP contribution in [0, 0.1) is 15.2 Å². The van der Waals surface area contributed by atoms with Gasteiger partial charge in [0.1, 0.15) is 17.3 Å². The Morgan fingerprint density at radius 2 is 1.82 bits per heavy atom. The van der Waals surface area contributed by atoms with E-state index in [1.807, 2.05) is 58.7 Å². The molecule has 0 spiro atoms. The van der Waals surface area contributed by atoms with Crippen molar-refractivity contribution in [3.8, 4) is 0 Å². The first-order valence-electron chi connectivity index (χ1n) is 9.34. The van der Waals surface area contributed by atoms with Gasteiger partial charge in [-0.2, -0.15) is 0 Å². The maximum Gasteiger partial charge on any atom is 0.132 e. The van der Waals surface area contributed by atoms with Crippen LogP contribution < -0.4 is 0 Å². The minimum Gasteiger partial charge on any atom is -0.357 e. The van der Waals surface area contributed by atoms with Crippen LogP contribution in [0.15, 0.2) is 36.4 Å². The number of rotatable bonds is 3. The average Bonchev–Trinajstić information content (AvgIpc) is 2.94. The molecule has 4 rings (SSSR count). The number of H-pyrrole nitrogens is 1. The lowest BCUT2D eigenvalue weighted by Gasteiger charge is -2.43. The molecule has 1 aromatic heterocycles. The number of hydrogen-bond acceptors (Lipinski definition) is 1. The summed E-state index contributed by atoms with van der Waals surface area (Å²) < 4.78 is 45.1. The van der Waals surface area contributed by atoms with Crippen LogP contribution >= 0.6 is 22.6 Å². The van der Waals surface area contributed by atoms with Gasteiger partial charge in [-0.3, -0.25) is 4.90 Å². The lowest BCUT2D eigenvalue weighted by atomic mass is 9.87. The third-order valence-electron chi connectivity index (χ3n) is 5.39. The van der Waals surface area contributed by atoms with Crippen molar-refractivity contribution in [2.45, 2.75) is 44.9 Å². The van der Waals surface area contributed by atoms with Gasteiger partial charge in [0.2, 0.25) is 0 Å². The Bertz CT molecular complexity index is 1010. The molecule has 2 nitrogen and oxygen atoms in total. The van der Waals surface area contributed by atoms with Crippen LogP contribution in [0.25, 0.3) is 10.9 Å². The molecule has 0 bridgehead atoms. The van der Waals surface area contributed by atoms with Gasteiger partial charge in [0, 0.05) is 38.3 Å². The van der Waals surface area contributed by atoms with Gasteiger partial charge in [0.15, 0.2) is 0 Å². The van der Waals surface area contributed by atoms with Crippen LogP contribution in [0.4, 0.5) is 13.2 Å². The second kappa shape index (κ2) is 7.06. The summed E-state index contributed by atoms with van der Waals surface area (Å²) >= 11 is 1.90. The highest BCUT2D eigenvalue weighted by molar-refractivity contribution is 14.1. The molecule has 0 radical (unpaired) electrons. The number of benzene rings is 2. The number of alkyl halides is 1. The van der Waals surface area contributed by atoms with E-state index < -0.39 is 23.3 Å². The Hall–Kier alpha value is -1.54. The molecule has 1 N–H and O–H groups in total. The molecule has 0 aliphatic carbocycles. The van der Waals surface area contributed by atoms with Crippen LogP contribution in [-0.4, -0.2) is 28.1 Å². The highest BCUT2D eigenvalue weighted by atomic mass is 127. The number of aromatic amines is 1. The van der Waals surface area contributed by atoms with Gasteiger partial charge in [-0.25, -0.2) is 13.2 Å². The maximum atomic E-state index is 15.0. The number of nitrogens with zero attached hydrogens (tertiary/aromatic N) is 1. The molecule has 0 fully saturated rings. The largest absolute Gasteiger partial charge is 0.357 e. The van der Waals surface area contributed by atoms with Gasteiger partial charge in [0.25, 0.3) is 0 Å². The van der Waals surface area contributed by atoms with Crippen molar-refractivity contribution in [3.63, 3.8) is 0 Å². The van der Waals surface area contributed by atoms with Crippen LogP contribution in [0.2, 0.25) is 0 Å². The molecule has 28 heavy (non-hydrogen) atoms. The van der Waals surface area contributed by atoms with Crippen molar-refractivity contribution in [2.75, 3.05) is 6.54 Å². The zero-order chi connectivity index (χ0) is 20.2. The lowest BCUT2D eigenvalue weighted by Crippen LogP contribution is -2.48. The third kappa shape index (κ3) is 3.45. The Morgan fingerprint density at radius 1 is 1.18 bits per heavy atom. The summed E-state index contributed by atoms with van der Waals surface area (Å²) in [6.07, 6.45) is 0.694. The van der Waals surface area contributed by atoms with E-state index in [0.29, 0.717) is 9.99 Å². The number of para-hydroxylation sites is 1. The molecule has 0 saturated carbocycles. The second-order valence-corrected chi connectivity index (χ2v) is 9.44. The molecule has 2 atom stereocenters. The summed E-state index contributed by atoms with van der Waals surface area (Å²) in [4.78, 5) is 5.25. The van der Waals surface area contributed by atoms with Crippen molar-refractivity contribution < 1.29 is 13.2 Å². The van der Waals surface area contributed by atoms with E-state index in [1.54, 1.807) is 0 Å². The molecule has 1 aliphatic heterocycles. The Kier molecular flexibility index (Phi) is 4.98. The first-order chi connectivity index (χ1) is 13.2. The summed E-state index contributed by atoms with van der Waals surface area (Å²) in [7, 11) is 0. The number of nitrogens with one attached hydrogen (secondary N) is 1. The summed E-state index contributed by atoms with van der Waals surface area (Å²) in [5.74, 6) is -1.20. The Balaban J connectivity index is 1.98. The minimum absolute atomic E-state index is 0.0241. The smallest absolute Gasteiger partial charge is 0.132 e. The Labute approximate surface area is 176 Å². The third-order valence-corrected chi connectivity index (χ3v) is 6.02. The van der Waals surface area contributed by atoms with E-state index in [-0.39, 0.29) is 18.2 Å².